The molecule has 2 amide bonds. The van der Waals surface area contributed by atoms with E-state index in [1.807, 2.05) is 0 Å². The van der Waals surface area contributed by atoms with Crippen molar-refractivity contribution in [3.63, 3.8) is 0 Å². The third-order valence-corrected chi connectivity index (χ3v) is 4.18. The number of amides is 2. The summed E-state index contributed by atoms with van der Waals surface area (Å²) in [5.74, 6) is 0.517. The highest BCUT2D eigenvalue weighted by molar-refractivity contribution is 6.35. The van der Waals surface area contributed by atoms with Gasteiger partial charge in [0, 0.05) is 26.2 Å². The molecule has 2 atom stereocenters. The molecule has 0 aromatic carbocycles. The quantitative estimate of drug-likeness (QED) is 0.710. The van der Waals surface area contributed by atoms with Gasteiger partial charge in [-0.25, -0.2) is 0 Å². The van der Waals surface area contributed by atoms with Crippen molar-refractivity contribution in [3.8, 4) is 0 Å². The van der Waals surface area contributed by atoms with E-state index >= 15 is 0 Å². The topological polar surface area (TPSA) is 61.4 Å². The Morgan fingerprint density at radius 2 is 2.11 bits per heavy atom. The minimum Gasteiger partial charge on any atom is -0.348 e. The van der Waals surface area contributed by atoms with E-state index in [4.69, 9.17) is 0 Å². The lowest BCUT2D eigenvalue weighted by Crippen LogP contribution is -2.45. The van der Waals surface area contributed by atoms with Gasteiger partial charge in [-0.1, -0.05) is 13.3 Å². The molecule has 2 N–H and O–H groups in total. The van der Waals surface area contributed by atoms with Gasteiger partial charge in [0.2, 0.25) is 0 Å². The molecule has 0 aromatic rings. The number of carbonyl (C=O) groups excluding carboxylic acids is 2. The molecule has 2 fully saturated rings. The molecule has 1 aliphatic heterocycles. The van der Waals surface area contributed by atoms with Crippen molar-refractivity contribution in [1.82, 2.24) is 15.5 Å². The zero-order valence-electron chi connectivity index (χ0n) is 11.8. The van der Waals surface area contributed by atoms with Crippen molar-refractivity contribution in [2.45, 2.75) is 32.6 Å². The summed E-state index contributed by atoms with van der Waals surface area (Å²) in [7, 11) is 0. The lowest BCUT2D eigenvalue weighted by molar-refractivity contribution is -0.145. The fraction of sp³-hybridized carbons (Fsp3) is 0.857. The highest BCUT2D eigenvalue weighted by Crippen LogP contribution is 2.29. The van der Waals surface area contributed by atoms with Crippen LogP contribution >= 0.6 is 0 Å². The predicted octanol–water partition coefficient (Wildman–Crippen LogP) is 0.361. The molecule has 1 heterocycles. The van der Waals surface area contributed by atoms with Crippen molar-refractivity contribution < 1.29 is 9.59 Å². The van der Waals surface area contributed by atoms with Gasteiger partial charge in [0.25, 0.3) is 0 Å². The van der Waals surface area contributed by atoms with Gasteiger partial charge in [-0.3, -0.25) is 9.59 Å². The predicted molar refractivity (Wildman–Crippen MR) is 73.6 cm³/mol. The molecule has 1 saturated carbocycles. The molecule has 2 unspecified atom stereocenters. The zero-order chi connectivity index (χ0) is 13.7. The van der Waals surface area contributed by atoms with Crippen molar-refractivity contribution in [1.29, 1.82) is 0 Å². The van der Waals surface area contributed by atoms with Crippen LogP contribution in [0, 0.1) is 11.8 Å². The fourth-order valence-electron chi connectivity index (χ4n) is 3.02. The first-order valence-corrected chi connectivity index (χ1v) is 7.44. The molecule has 1 aliphatic carbocycles. The third-order valence-electron chi connectivity index (χ3n) is 4.18. The largest absolute Gasteiger partial charge is 0.348 e. The third kappa shape index (κ3) is 4.20. The average Bonchev–Trinajstić information content (AvgIpc) is 2.67. The number of hydrogen-bond acceptors (Lipinski definition) is 3. The van der Waals surface area contributed by atoms with Crippen LogP contribution in [0.5, 0.6) is 0 Å². The van der Waals surface area contributed by atoms with Gasteiger partial charge >= 0.3 is 11.8 Å². The SMILES string of the molecule is CC1CCC(CNC(=O)C(=O)N2CCCNCC2)C1. The van der Waals surface area contributed by atoms with Crippen molar-refractivity contribution >= 4 is 11.8 Å². The van der Waals surface area contributed by atoms with Gasteiger partial charge < -0.3 is 15.5 Å². The first-order valence-electron chi connectivity index (χ1n) is 7.44. The summed E-state index contributed by atoms with van der Waals surface area (Å²) in [5.41, 5.74) is 0. The molecule has 5 nitrogen and oxygen atoms in total. The summed E-state index contributed by atoms with van der Waals surface area (Å²) >= 11 is 0. The maximum absolute atomic E-state index is 12.0. The van der Waals surface area contributed by atoms with Gasteiger partial charge in [-0.05, 0) is 37.6 Å². The van der Waals surface area contributed by atoms with E-state index in [-0.39, 0.29) is 5.91 Å². The van der Waals surface area contributed by atoms with Crippen molar-refractivity contribution in [2.75, 3.05) is 32.7 Å². The van der Waals surface area contributed by atoms with Crippen LogP contribution in [0.1, 0.15) is 32.6 Å². The van der Waals surface area contributed by atoms with Gasteiger partial charge in [0.1, 0.15) is 0 Å². The van der Waals surface area contributed by atoms with Gasteiger partial charge in [-0.2, -0.15) is 0 Å². The van der Waals surface area contributed by atoms with E-state index in [1.165, 1.54) is 19.3 Å². The van der Waals surface area contributed by atoms with Crippen LogP contribution in [-0.2, 0) is 9.59 Å². The van der Waals surface area contributed by atoms with E-state index in [0.717, 1.165) is 25.4 Å². The van der Waals surface area contributed by atoms with E-state index in [1.54, 1.807) is 4.90 Å². The van der Waals surface area contributed by atoms with Gasteiger partial charge in [-0.15, -0.1) is 0 Å². The first kappa shape index (κ1) is 14.3. The molecule has 2 rings (SSSR count). The lowest BCUT2D eigenvalue weighted by atomic mass is 10.1. The van der Waals surface area contributed by atoms with Crippen molar-refractivity contribution in [2.24, 2.45) is 11.8 Å². The number of carbonyl (C=O) groups is 2. The van der Waals surface area contributed by atoms with E-state index in [9.17, 15) is 9.59 Å². The minimum atomic E-state index is -0.429. The fourth-order valence-corrected chi connectivity index (χ4v) is 3.02. The maximum atomic E-state index is 12.0. The summed E-state index contributed by atoms with van der Waals surface area (Å²) in [6.45, 7) is 5.91. The van der Waals surface area contributed by atoms with Crippen LogP contribution < -0.4 is 10.6 Å². The Bertz CT molecular complexity index is 325. The molecule has 0 radical (unpaired) electrons. The minimum absolute atomic E-state index is 0.366. The summed E-state index contributed by atoms with van der Waals surface area (Å²) in [6.07, 6.45) is 4.50. The molecule has 5 heteroatoms. The second-order valence-electron chi connectivity index (χ2n) is 5.89. The summed E-state index contributed by atoms with van der Waals surface area (Å²) in [6, 6.07) is 0. The van der Waals surface area contributed by atoms with E-state index in [0.29, 0.717) is 25.6 Å². The standard InChI is InChI=1S/C14H25N3O2/c1-11-3-4-12(9-11)10-16-13(18)14(19)17-7-2-5-15-6-8-17/h11-12,15H,2-10H2,1H3,(H,16,18). The molecule has 2 aliphatic rings. The Labute approximate surface area is 115 Å². The van der Waals surface area contributed by atoms with Gasteiger partial charge in [0.15, 0.2) is 0 Å². The van der Waals surface area contributed by atoms with E-state index in [2.05, 4.69) is 17.6 Å². The van der Waals surface area contributed by atoms with Crippen LogP contribution in [0.4, 0.5) is 0 Å². The molecule has 1 saturated heterocycles. The number of nitrogens with one attached hydrogen (secondary N) is 2. The van der Waals surface area contributed by atoms with E-state index < -0.39 is 5.91 Å². The maximum Gasteiger partial charge on any atom is 0.311 e. The van der Waals surface area contributed by atoms with Gasteiger partial charge in [0.05, 0.1) is 0 Å². The van der Waals surface area contributed by atoms with Crippen molar-refractivity contribution in [3.05, 3.63) is 0 Å². The summed E-state index contributed by atoms with van der Waals surface area (Å²) < 4.78 is 0. The van der Waals surface area contributed by atoms with Crippen LogP contribution in [0.3, 0.4) is 0 Å². The molecular weight excluding hydrogens is 242 g/mol. The Morgan fingerprint density at radius 1 is 1.26 bits per heavy atom. The van der Waals surface area contributed by atoms with Crippen LogP contribution in [0.2, 0.25) is 0 Å². The Balaban J connectivity index is 1.73. The smallest absolute Gasteiger partial charge is 0.311 e. The Kier molecular flexibility index (Phi) is 5.19. The Morgan fingerprint density at radius 3 is 2.84 bits per heavy atom. The molecule has 0 spiro atoms. The molecule has 0 aromatic heterocycles. The number of hydrogen-bond donors (Lipinski definition) is 2. The molecule has 0 bridgehead atoms. The summed E-state index contributed by atoms with van der Waals surface area (Å²) in [5, 5.41) is 6.04. The highest BCUT2D eigenvalue weighted by atomic mass is 16.2. The Hall–Kier alpha value is -1.10. The van der Waals surface area contributed by atoms with Crippen LogP contribution in [-0.4, -0.2) is 49.4 Å². The second-order valence-corrected chi connectivity index (χ2v) is 5.89. The molecule has 19 heavy (non-hydrogen) atoms. The normalized spacial score (nSPS) is 27.9. The molecule has 108 valence electrons. The zero-order valence-corrected chi connectivity index (χ0v) is 11.8. The lowest BCUT2D eigenvalue weighted by Gasteiger charge is -2.19. The van der Waals surface area contributed by atoms with Crippen LogP contribution in [0.15, 0.2) is 0 Å². The number of nitrogens with zero attached hydrogens (tertiary/aromatic N) is 1. The molecular formula is C14H25N3O2. The number of rotatable bonds is 2. The summed E-state index contributed by atoms with van der Waals surface area (Å²) in [4.78, 5) is 25.5. The van der Waals surface area contributed by atoms with Crippen LogP contribution in [0.25, 0.3) is 0 Å². The second kappa shape index (κ2) is 6.89. The highest BCUT2D eigenvalue weighted by Gasteiger charge is 2.25. The first-order chi connectivity index (χ1) is 9.16. The monoisotopic (exact) mass is 267 g/mol. The average molecular weight is 267 g/mol.